The van der Waals surface area contributed by atoms with E-state index in [1.54, 1.807) is 18.2 Å². The van der Waals surface area contributed by atoms with Gasteiger partial charge in [0, 0.05) is 17.5 Å². The Bertz CT molecular complexity index is 693. The first kappa shape index (κ1) is 14.4. The summed E-state index contributed by atoms with van der Waals surface area (Å²) in [6.07, 6.45) is 0. The highest BCUT2D eigenvalue weighted by Gasteiger charge is 2.12. The van der Waals surface area contributed by atoms with Crippen LogP contribution in [0.2, 0.25) is 0 Å². The highest BCUT2D eigenvalue weighted by molar-refractivity contribution is 5.95. The molecule has 3 N–H and O–H groups in total. The van der Waals surface area contributed by atoms with Crippen LogP contribution in [0.5, 0.6) is 0 Å². The van der Waals surface area contributed by atoms with Gasteiger partial charge in [0.15, 0.2) is 0 Å². The zero-order valence-corrected chi connectivity index (χ0v) is 11.6. The predicted molar refractivity (Wildman–Crippen MR) is 79.5 cm³/mol. The van der Waals surface area contributed by atoms with Crippen LogP contribution in [0.3, 0.4) is 0 Å². The molecule has 8 nitrogen and oxygen atoms in total. The van der Waals surface area contributed by atoms with Crippen LogP contribution >= 0.6 is 0 Å². The summed E-state index contributed by atoms with van der Waals surface area (Å²) in [5.74, 6) is 0.186. The average Bonchev–Trinajstić information content (AvgIpc) is 2.37. The van der Waals surface area contributed by atoms with Crippen LogP contribution in [-0.4, -0.2) is 20.9 Å². The Hall–Kier alpha value is -3.03. The van der Waals surface area contributed by atoms with Gasteiger partial charge in [-0.05, 0) is 26.0 Å². The number of hydrogen-bond acceptors (Lipinski definition) is 5. The molecule has 2 rings (SSSR count). The van der Waals surface area contributed by atoms with Crippen molar-refractivity contribution in [1.82, 2.24) is 9.97 Å². The third-order valence-electron chi connectivity index (χ3n) is 2.55. The van der Waals surface area contributed by atoms with Crippen LogP contribution in [0.15, 0.2) is 35.3 Å². The fourth-order valence-corrected chi connectivity index (χ4v) is 1.77. The number of nitro groups is 1. The number of guanidine groups is 1. The van der Waals surface area contributed by atoms with Gasteiger partial charge in [-0.15, -0.1) is 0 Å². The summed E-state index contributed by atoms with van der Waals surface area (Å²) in [4.78, 5) is 22.7. The largest absolute Gasteiger partial charge is 0.369 e. The number of nitro benzene ring substituents is 1. The zero-order chi connectivity index (χ0) is 15.4. The molecule has 0 aliphatic heterocycles. The molecule has 0 amide bonds. The summed E-state index contributed by atoms with van der Waals surface area (Å²) in [5, 5.41) is 13.6. The van der Waals surface area contributed by atoms with Gasteiger partial charge in [0.05, 0.1) is 4.92 Å². The first-order valence-corrected chi connectivity index (χ1v) is 6.12. The molecule has 2 aromatic rings. The van der Waals surface area contributed by atoms with E-state index < -0.39 is 4.92 Å². The molecule has 0 fully saturated rings. The standard InChI is InChI=1S/C13H14N6O2/c1-8-7-9(2)16-13(15-8)18-12(14)17-10-5-3-4-6-11(10)19(20)21/h3-7H,1-2H3,(H3,14,15,16,17,18). The first-order valence-electron chi connectivity index (χ1n) is 6.12. The second-order valence-electron chi connectivity index (χ2n) is 4.35. The van der Waals surface area contributed by atoms with Gasteiger partial charge in [-0.1, -0.05) is 12.1 Å². The fraction of sp³-hybridized carbons (Fsp3) is 0.154. The molecule has 1 aromatic carbocycles. The van der Waals surface area contributed by atoms with Crippen molar-refractivity contribution < 1.29 is 4.92 Å². The van der Waals surface area contributed by atoms with E-state index in [-0.39, 0.29) is 23.3 Å². The van der Waals surface area contributed by atoms with Gasteiger partial charge >= 0.3 is 0 Å². The number of anilines is 1. The van der Waals surface area contributed by atoms with Gasteiger partial charge in [0.2, 0.25) is 5.96 Å². The molecule has 0 spiro atoms. The lowest BCUT2D eigenvalue weighted by molar-refractivity contribution is -0.383. The first-order chi connectivity index (χ1) is 9.95. The van der Waals surface area contributed by atoms with Crippen LogP contribution in [0.1, 0.15) is 11.4 Å². The molecule has 0 radical (unpaired) electrons. The quantitative estimate of drug-likeness (QED) is 0.385. The van der Waals surface area contributed by atoms with Crippen LogP contribution in [0.4, 0.5) is 17.3 Å². The molecule has 0 aliphatic rings. The van der Waals surface area contributed by atoms with E-state index in [1.165, 1.54) is 6.07 Å². The highest BCUT2D eigenvalue weighted by atomic mass is 16.6. The van der Waals surface area contributed by atoms with Crippen LogP contribution in [0, 0.1) is 24.0 Å². The van der Waals surface area contributed by atoms with Crippen molar-refractivity contribution in [3.05, 3.63) is 51.8 Å². The normalized spacial score (nSPS) is 11.2. The Balaban J connectivity index is 2.27. The molecule has 21 heavy (non-hydrogen) atoms. The molecule has 0 aliphatic carbocycles. The minimum absolute atomic E-state index is 0.0192. The van der Waals surface area contributed by atoms with Gasteiger partial charge < -0.3 is 11.1 Å². The van der Waals surface area contributed by atoms with Crippen molar-refractivity contribution in [2.24, 2.45) is 10.7 Å². The maximum atomic E-state index is 10.9. The van der Waals surface area contributed by atoms with E-state index in [2.05, 4.69) is 20.3 Å². The summed E-state index contributed by atoms with van der Waals surface area (Å²) in [5.41, 5.74) is 7.44. The molecule has 0 unspecified atom stereocenters. The third kappa shape index (κ3) is 3.72. The number of hydrogen-bond donors (Lipinski definition) is 2. The fourth-order valence-electron chi connectivity index (χ4n) is 1.77. The summed E-state index contributed by atoms with van der Waals surface area (Å²) in [6, 6.07) is 7.97. The van der Waals surface area contributed by atoms with Crippen molar-refractivity contribution in [2.45, 2.75) is 13.8 Å². The number of aryl methyl sites for hydroxylation is 2. The Morgan fingerprint density at radius 3 is 2.52 bits per heavy atom. The smallest absolute Gasteiger partial charge is 0.292 e. The Morgan fingerprint density at radius 2 is 1.90 bits per heavy atom. The third-order valence-corrected chi connectivity index (χ3v) is 2.55. The second kappa shape index (κ2) is 5.95. The van der Waals surface area contributed by atoms with Crippen LogP contribution in [0.25, 0.3) is 0 Å². The number of para-hydroxylation sites is 2. The minimum Gasteiger partial charge on any atom is -0.369 e. The number of rotatable bonds is 3. The SMILES string of the molecule is Cc1cc(C)nc(/N=C(/N)Nc2ccccc2[N+](=O)[O-])n1. The van der Waals surface area contributed by atoms with Crippen molar-refractivity contribution in [3.8, 4) is 0 Å². The predicted octanol–water partition coefficient (Wildman–Crippen LogP) is 2.06. The molecule has 8 heteroatoms. The Labute approximate surface area is 120 Å². The number of aliphatic imine (C=N–C) groups is 1. The van der Waals surface area contributed by atoms with E-state index in [4.69, 9.17) is 5.73 Å². The molecule has 108 valence electrons. The lowest BCUT2D eigenvalue weighted by atomic mass is 10.3. The summed E-state index contributed by atoms with van der Waals surface area (Å²) < 4.78 is 0. The Kier molecular flexibility index (Phi) is 4.07. The molecule has 0 saturated heterocycles. The van der Waals surface area contributed by atoms with E-state index >= 15 is 0 Å². The van der Waals surface area contributed by atoms with Gasteiger partial charge in [-0.2, -0.15) is 4.99 Å². The average molecular weight is 286 g/mol. The topological polar surface area (TPSA) is 119 Å². The van der Waals surface area contributed by atoms with Crippen LogP contribution in [-0.2, 0) is 0 Å². The van der Waals surface area contributed by atoms with E-state index in [9.17, 15) is 10.1 Å². The van der Waals surface area contributed by atoms with Crippen LogP contribution < -0.4 is 11.1 Å². The lowest BCUT2D eigenvalue weighted by Crippen LogP contribution is -2.22. The number of aromatic nitrogens is 2. The number of benzene rings is 1. The molecular weight excluding hydrogens is 272 g/mol. The minimum atomic E-state index is -0.497. The maximum absolute atomic E-state index is 10.9. The molecular formula is C13H14N6O2. The van der Waals surface area contributed by atoms with E-state index in [0.717, 1.165) is 11.4 Å². The molecule has 0 bridgehead atoms. The Morgan fingerprint density at radius 1 is 1.29 bits per heavy atom. The van der Waals surface area contributed by atoms with Gasteiger partial charge in [0.25, 0.3) is 11.6 Å². The van der Waals surface area contributed by atoms with Crippen molar-refractivity contribution >= 4 is 23.3 Å². The van der Waals surface area contributed by atoms with E-state index in [1.807, 2.05) is 19.9 Å². The summed E-state index contributed by atoms with van der Waals surface area (Å²) in [7, 11) is 0. The van der Waals surface area contributed by atoms with E-state index in [0.29, 0.717) is 0 Å². The van der Waals surface area contributed by atoms with Crippen molar-refractivity contribution in [2.75, 3.05) is 5.32 Å². The van der Waals surface area contributed by atoms with Gasteiger partial charge in [-0.3, -0.25) is 10.1 Å². The maximum Gasteiger partial charge on any atom is 0.292 e. The van der Waals surface area contributed by atoms with Crippen molar-refractivity contribution in [3.63, 3.8) is 0 Å². The number of nitrogens with one attached hydrogen (secondary N) is 1. The van der Waals surface area contributed by atoms with Gasteiger partial charge in [-0.25, -0.2) is 9.97 Å². The monoisotopic (exact) mass is 286 g/mol. The summed E-state index contributed by atoms with van der Waals surface area (Å²) in [6.45, 7) is 3.64. The zero-order valence-electron chi connectivity index (χ0n) is 11.6. The second-order valence-corrected chi connectivity index (χ2v) is 4.35. The molecule has 1 heterocycles. The van der Waals surface area contributed by atoms with Crippen molar-refractivity contribution in [1.29, 1.82) is 0 Å². The highest BCUT2D eigenvalue weighted by Crippen LogP contribution is 2.22. The van der Waals surface area contributed by atoms with Gasteiger partial charge in [0.1, 0.15) is 5.69 Å². The molecule has 0 atom stereocenters. The number of nitrogens with zero attached hydrogens (tertiary/aromatic N) is 4. The summed E-state index contributed by atoms with van der Waals surface area (Å²) >= 11 is 0. The molecule has 0 saturated carbocycles. The molecule has 1 aromatic heterocycles. The lowest BCUT2D eigenvalue weighted by Gasteiger charge is -2.06. The number of nitrogens with two attached hydrogens (primary N) is 1.